The third-order valence-electron chi connectivity index (χ3n) is 7.00. The Balaban J connectivity index is 1.42. The van der Waals surface area contributed by atoms with Gasteiger partial charge in [-0.25, -0.2) is 9.97 Å². The third-order valence-corrected chi connectivity index (χ3v) is 7.00. The molecule has 0 amide bonds. The number of ether oxygens (including phenoxy) is 2. The van der Waals surface area contributed by atoms with Crippen LogP contribution in [0.2, 0.25) is 0 Å². The van der Waals surface area contributed by atoms with Crippen LogP contribution in [0.1, 0.15) is 68.4 Å². The van der Waals surface area contributed by atoms with Crippen molar-refractivity contribution in [2.75, 3.05) is 18.5 Å². The molecule has 35 heavy (non-hydrogen) atoms. The summed E-state index contributed by atoms with van der Waals surface area (Å²) in [6, 6.07) is 6.00. The van der Waals surface area contributed by atoms with Gasteiger partial charge >= 0.3 is 5.97 Å². The molecule has 2 aliphatic rings. The standard InChI is InChI=1S/C26H33N5O4/c1-3-4-19-23-24(31(2)30-19)26(27-15-17-7-10-20-21(13-17)35-12-11-34-20)29-25(28-23)18-8-5-16(6-9-18)14-22(32)33/h7,10,13,16,18H,3-6,8-9,11-12,14-15H2,1-2H3,(H,32,33)(H,27,28,29). The maximum Gasteiger partial charge on any atom is 0.303 e. The van der Waals surface area contributed by atoms with Gasteiger partial charge in [-0.15, -0.1) is 0 Å². The number of benzene rings is 1. The first-order chi connectivity index (χ1) is 17.0. The molecule has 0 radical (unpaired) electrons. The van der Waals surface area contributed by atoms with E-state index in [0.29, 0.717) is 19.8 Å². The van der Waals surface area contributed by atoms with Gasteiger partial charge in [-0.3, -0.25) is 9.48 Å². The minimum Gasteiger partial charge on any atom is -0.486 e. The molecule has 0 saturated heterocycles. The summed E-state index contributed by atoms with van der Waals surface area (Å²) in [4.78, 5) is 21.1. The summed E-state index contributed by atoms with van der Waals surface area (Å²) in [5.41, 5.74) is 3.90. The van der Waals surface area contributed by atoms with E-state index in [1.807, 2.05) is 29.9 Å². The predicted molar refractivity (Wildman–Crippen MR) is 132 cm³/mol. The summed E-state index contributed by atoms with van der Waals surface area (Å²) in [6.07, 6.45) is 5.72. The minimum absolute atomic E-state index is 0.231. The lowest BCUT2D eigenvalue weighted by Gasteiger charge is -2.27. The van der Waals surface area contributed by atoms with Gasteiger partial charge in [0.25, 0.3) is 0 Å². The number of aromatic nitrogens is 4. The number of rotatable bonds is 8. The highest BCUT2D eigenvalue weighted by Crippen LogP contribution is 2.37. The van der Waals surface area contributed by atoms with Gasteiger partial charge in [0.2, 0.25) is 0 Å². The summed E-state index contributed by atoms with van der Waals surface area (Å²) >= 11 is 0. The third kappa shape index (κ3) is 5.04. The summed E-state index contributed by atoms with van der Waals surface area (Å²) in [7, 11) is 1.94. The molecule has 2 aromatic heterocycles. The first-order valence-electron chi connectivity index (χ1n) is 12.6. The first-order valence-corrected chi connectivity index (χ1v) is 12.6. The van der Waals surface area contributed by atoms with E-state index >= 15 is 0 Å². The fourth-order valence-electron chi connectivity index (χ4n) is 5.22. The summed E-state index contributed by atoms with van der Waals surface area (Å²) < 4.78 is 13.3. The molecule has 186 valence electrons. The van der Waals surface area contributed by atoms with Crippen molar-refractivity contribution in [1.29, 1.82) is 0 Å². The molecule has 0 atom stereocenters. The van der Waals surface area contributed by atoms with Gasteiger partial charge in [-0.05, 0) is 55.7 Å². The van der Waals surface area contributed by atoms with Gasteiger partial charge in [0.15, 0.2) is 17.3 Å². The topological polar surface area (TPSA) is 111 Å². The van der Waals surface area contributed by atoms with Crippen molar-refractivity contribution in [3.05, 3.63) is 35.3 Å². The fourth-order valence-corrected chi connectivity index (χ4v) is 5.22. The number of aliphatic carboxylic acids is 1. The quantitative estimate of drug-likeness (QED) is 0.488. The molecule has 0 spiro atoms. The summed E-state index contributed by atoms with van der Waals surface area (Å²) in [6.45, 7) is 3.87. The molecule has 0 bridgehead atoms. The Morgan fingerprint density at radius 2 is 1.91 bits per heavy atom. The summed E-state index contributed by atoms with van der Waals surface area (Å²) in [5, 5.41) is 17.4. The molecule has 9 heteroatoms. The van der Waals surface area contributed by atoms with Gasteiger partial charge in [0.05, 0.1) is 5.69 Å². The number of anilines is 1. The second-order valence-electron chi connectivity index (χ2n) is 9.60. The van der Waals surface area contributed by atoms with Crippen LogP contribution >= 0.6 is 0 Å². The number of nitrogens with zero attached hydrogens (tertiary/aromatic N) is 4. The number of carboxylic acids is 1. The van der Waals surface area contributed by atoms with E-state index in [9.17, 15) is 4.79 Å². The van der Waals surface area contributed by atoms with E-state index in [4.69, 9.17) is 29.6 Å². The van der Waals surface area contributed by atoms with Gasteiger partial charge in [0.1, 0.15) is 30.1 Å². The van der Waals surface area contributed by atoms with Crippen LogP contribution < -0.4 is 14.8 Å². The second-order valence-corrected chi connectivity index (χ2v) is 9.60. The van der Waals surface area contributed by atoms with Crippen LogP contribution in [-0.2, 0) is 24.8 Å². The zero-order valence-electron chi connectivity index (χ0n) is 20.4. The number of carboxylic acid groups (broad SMARTS) is 1. The lowest BCUT2D eigenvalue weighted by atomic mass is 9.80. The molecule has 1 saturated carbocycles. The Morgan fingerprint density at radius 1 is 1.14 bits per heavy atom. The van der Waals surface area contributed by atoms with Crippen LogP contribution in [0.15, 0.2) is 18.2 Å². The fraction of sp³-hybridized carbons (Fsp3) is 0.538. The van der Waals surface area contributed by atoms with Crippen molar-refractivity contribution < 1.29 is 19.4 Å². The molecule has 0 unspecified atom stereocenters. The van der Waals surface area contributed by atoms with E-state index < -0.39 is 5.97 Å². The number of nitrogens with one attached hydrogen (secondary N) is 1. The molecular weight excluding hydrogens is 446 g/mol. The van der Waals surface area contributed by atoms with Crippen LogP contribution in [0, 0.1) is 5.92 Å². The molecule has 1 aromatic carbocycles. The van der Waals surface area contributed by atoms with Crippen LogP contribution in [0.5, 0.6) is 11.5 Å². The van der Waals surface area contributed by atoms with E-state index in [1.165, 1.54) is 0 Å². The summed E-state index contributed by atoms with van der Waals surface area (Å²) in [5.74, 6) is 2.93. The largest absolute Gasteiger partial charge is 0.486 e. The van der Waals surface area contributed by atoms with Gasteiger partial charge < -0.3 is 19.9 Å². The monoisotopic (exact) mass is 479 g/mol. The van der Waals surface area contributed by atoms with Gasteiger partial charge in [-0.2, -0.15) is 5.10 Å². The zero-order chi connectivity index (χ0) is 24.4. The molecule has 2 N–H and O–H groups in total. The number of hydrogen-bond acceptors (Lipinski definition) is 7. The molecule has 9 nitrogen and oxygen atoms in total. The van der Waals surface area contributed by atoms with E-state index in [2.05, 4.69) is 12.2 Å². The Labute approximate surface area is 204 Å². The van der Waals surface area contributed by atoms with Crippen molar-refractivity contribution in [3.8, 4) is 11.5 Å². The average molecular weight is 480 g/mol. The van der Waals surface area contributed by atoms with E-state index in [0.717, 1.165) is 84.0 Å². The zero-order valence-corrected chi connectivity index (χ0v) is 20.4. The first kappa shape index (κ1) is 23.4. The Bertz CT molecular complexity index is 1220. The van der Waals surface area contributed by atoms with Crippen LogP contribution in [0.3, 0.4) is 0 Å². The molecular formula is C26H33N5O4. The highest BCUT2D eigenvalue weighted by molar-refractivity contribution is 5.87. The molecule has 1 aliphatic heterocycles. The predicted octanol–water partition coefficient (Wildman–Crippen LogP) is 4.45. The van der Waals surface area contributed by atoms with Crippen LogP contribution in [0.4, 0.5) is 5.82 Å². The van der Waals surface area contributed by atoms with Crippen LogP contribution in [-0.4, -0.2) is 44.0 Å². The SMILES string of the molecule is CCCc1nn(C)c2c(NCc3ccc4c(c3)OCCO4)nc(C3CCC(CC(=O)O)CC3)nc12. The molecule has 5 rings (SSSR count). The molecule has 3 aromatic rings. The van der Waals surface area contributed by atoms with Crippen molar-refractivity contribution in [2.45, 2.75) is 64.3 Å². The van der Waals surface area contributed by atoms with Gasteiger partial charge in [-0.1, -0.05) is 19.4 Å². The van der Waals surface area contributed by atoms with Crippen molar-refractivity contribution in [2.24, 2.45) is 13.0 Å². The normalized spacial score (nSPS) is 19.6. The highest BCUT2D eigenvalue weighted by atomic mass is 16.6. The number of hydrogen-bond donors (Lipinski definition) is 2. The molecule has 1 fully saturated rings. The lowest BCUT2D eigenvalue weighted by molar-refractivity contribution is -0.138. The van der Waals surface area contributed by atoms with Gasteiger partial charge in [0, 0.05) is 25.9 Å². The average Bonchev–Trinajstić information content (AvgIpc) is 3.18. The maximum atomic E-state index is 11.1. The highest BCUT2D eigenvalue weighted by Gasteiger charge is 2.27. The van der Waals surface area contributed by atoms with Crippen LogP contribution in [0.25, 0.3) is 11.0 Å². The Kier molecular flexibility index (Phi) is 6.74. The lowest BCUT2D eigenvalue weighted by Crippen LogP contribution is -2.18. The van der Waals surface area contributed by atoms with Crippen molar-refractivity contribution in [1.82, 2.24) is 19.7 Å². The van der Waals surface area contributed by atoms with Crippen molar-refractivity contribution in [3.63, 3.8) is 0 Å². The molecule has 3 heterocycles. The smallest absolute Gasteiger partial charge is 0.303 e. The van der Waals surface area contributed by atoms with E-state index in [-0.39, 0.29) is 18.3 Å². The number of carbonyl (C=O) groups is 1. The van der Waals surface area contributed by atoms with Crippen molar-refractivity contribution >= 4 is 22.8 Å². The minimum atomic E-state index is -0.712. The molecule has 1 aliphatic carbocycles. The number of aryl methyl sites for hydroxylation is 2. The Morgan fingerprint density at radius 3 is 2.66 bits per heavy atom. The second kappa shape index (κ2) is 10.1. The van der Waals surface area contributed by atoms with E-state index in [1.54, 1.807) is 0 Å². The Hall–Kier alpha value is -3.36. The maximum absolute atomic E-state index is 11.1. The number of fused-ring (bicyclic) bond motifs is 2.